The van der Waals surface area contributed by atoms with Crippen molar-refractivity contribution in [2.24, 2.45) is 0 Å². The average molecular weight is 229 g/mol. The van der Waals surface area contributed by atoms with Crippen molar-refractivity contribution in [3.05, 3.63) is 0 Å². The first-order valence-corrected chi connectivity index (χ1v) is 5.98. The molecule has 3 fully saturated rings. The maximum absolute atomic E-state index is 6.04. The van der Waals surface area contributed by atoms with Crippen molar-refractivity contribution >= 4 is 0 Å². The number of nitrogens with zero attached hydrogens (tertiary/aromatic N) is 1. The Kier molecular flexibility index (Phi) is 2.89. The summed E-state index contributed by atoms with van der Waals surface area (Å²) in [6.45, 7) is 4.56. The fraction of sp³-hybridized carbons (Fsp3) is 1.00. The normalized spacial score (nSPS) is 48.8. The molecule has 0 aliphatic carbocycles. The maximum atomic E-state index is 6.04. The standard InChI is InChI=1S/C11H19NO4/c1-7-9-8(3-5-14-7)12-4-6-15-11(13-2)10(12)16-9/h7-11H,3-6H2,1-2H3/t7-,8-,9+,10+,11?/m0/s1. The Morgan fingerprint density at radius 1 is 1.25 bits per heavy atom. The first kappa shape index (κ1) is 10.9. The van der Waals surface area contributed by atoms with E-state index in [1.54, 1.807) is 7.11 Å². The Morgan fingerprint density at radius 3 is 2.94 bits per heavy atom. The van der Waals surface area contributed by atoms with Gasteiger partial charge >= 0.3 is 0 Å². The van der Waals surface area contributed by atoms with E-state index in [4.69, 9.17) is 18.9 Å². The van der Waals surface area contributed by atoms with E-state index < -0.39 is 0 Å². The third-order valence-corrected chi connectivity index (χ3v) is 3.78. The zero-order chi connectivity index (χ0) is 11.1. The molecule has 0 N–H and O–H groups in total. The Balaban J connectivity index is 1.79. The Labute approximate surface area is 95.6 Å². The highest BCUT2D eigenvalue weighted by molar-refractivity contribution is 4.96. The summed E-state index contributed by atoms with van der Waals surface area (Å²) in [5, 5.41) is 0. The lowest BCUT2D eigenvalue weighted by Gasteiger charge is -2.37. The number of morpholine rings is 1. The minimum atomic E-state index is -0.258. The molecule has 0 aromatic heterocycles. The second kappa shape index (κ2) is 4.23. The van der Waals surface area contributed by atoms with Crippen LogP contribution in [-0.2, 0) is 18.9 Å². The van der Waals surface area contributed by atoms with Crippen LogP contribution < -0.4 is 0 Å². The summed E-state index contributed by atoms with van der Waals surface area (Å²) in [4.78, 5) is 2.38. The average Bonchev–Trinajstić information content (AvgIpc) is 2.69. The van der Waals surface area contributed by atoms with Crippen LogP contribution >= 0.6 is 0 Å². The van der Waals surface area contributed by atoms with Gasteiger partial charge < -0.3 is 18.9 Å². The van der Waals surface area contributed by atoms with Gasteiger partial charge in [-0.1, -0.05) is 0 Å². The van der Waals surface area contributed by atoms with Gasteiger partial charge in [0.15, 0.2) is 12.5 Å². The number of methoxy groups -OCH3 is 1. The van der Waals surface area contributed by atoms with E-state index in [-0.39, 0.29) is 24.7 Å². The Morgan fingerprint density at radius 2 is 2.12 bits per heavy atom. The van der Waals surface area contributed by atoms with Crippen molar-refractivity contribution in [2.75, 3.05) is 26.9 Å². The quantitative estimate of drug-likeness (QED) is 0.642. The topological polar surface area (TPSA) is 40.2 Å². The van der Waals surface area contributed by atoms with Crippen LogP contribution in [0.15, 0.2) is 0 Å². The number of ether oxygens (including phenoxy) is 4. The first-order valence-electron chi connectivity index (χ1n) is 5.98. The van der Waals surface area contributed by atoms with Gasteiger partial charge in [0.05, 0.1) is 12.7 Å². The van der Waals surface area contributed by atoms with E-state index in [9.17, 15) is 0 Å². The SMILES string of the molecule is COC1OCCN2[C@@H]1O[C@@H]1[C@H](C)OCC[C@@H]12. The number of rotatable bonds is 1. The summed E-state index contributed by atoms with van der Waals surface area (Å²) in [6, 6.07) is 0.468. The molecule has 1 unspecified atom stereocenters. The largest absolute Gasteiger partial charge is 0.376 e. The van der Waals surface area contributed by atoms with Gasteiger partial charge in [0.1, 0.15) is 6.10 Å². The zero-order valence-electron chi connectivity index (χ0n) is 9.80. The molecule has 3 heterocycles. The number of fused-ring (bicyclic) bond motifs is 3. The smallest absolute Gasteiger partial charge is 0.197 e. The highest BCUT2D eigenvalue weighted by Gasteiger charge is 2.51. The molecule has 0 spiro atoms. The molecule has 0 aromatic carbocycles. The first-order chi connectivity index (χ1) is 7.81. The second-order valence-corrected chi connectivity index (χ2v) is 4.64. The van der Waals surface area contributed by atoms with Gasteiger partial charge in [0, 0.05) is 26.3 Å². The fourth-order valence-corrected chi connectivity index (χ4v) is 2.98. The maximum Gasteiger partial charge on any atom is 0.197 e. The lowest BCUT2D eigenvalue weighted by Crippen LogP contribution is -2.53. The molecule has 3 saturated heterocycles. The summed E-state index contributed by atoms with van der Waals surface area (Å²) in [5.41, 5.74) is 0. The van der Waals surface area contributed by atoms with Crippen LogP contribution in [0.4, 0.5) is 0 Å². The molecule has 3 aliphatic heterocycles. The monoisotopic (exact) mass is 229 g/mol. The molecular formula is C11H19NO4. The number of hydrogen-bond donors (Lipinski definition) is 0. The van der Waals surface area contributed by atoms with Crippen LogP contribution in [0.5, 0.6) is 0 Å². The van der Waals surface area contributed by atoms with Gasteiger partial charge in [-0.15, -0.1) is 0 Å². The lowest BCUT2D eigenvalue weighted by molar-refractivity contribution is -0.246. The van der Waals surface area contributed by atoms with Crippen molar-refractivity contribution < 1.29 is 18.9 Å². The third kappa shape index (κ3) is 1.58. The molecule has 0 saturated carbocycles. The van der Waals surface area contributed by atoms with E-state index in [2.05, 4.69) is 11.8 Å². The summed E-state index contributed by atoms with van der Waals surface area (Å²) in [5.74, 6) is 0. The van der Waals surface area contributed by atoms with Gasteiger partial charge in [-0.05, 0) is 13.3 Å². The van der Waals surface area contributed by atoms with Crippen LogP contribution in [0, 0.1) is 0 Å². The number of hydrogen-bond acceptors (Lipinski definition) is 5. The van der Waals surface area contributed by atoms with Crippen molar-refractivity contribution in [1.82, 2.24) is 4.90 Å². The van der Waals surface area contributed by atoms with E-state index in [1.165, 1.54) is 0 Å². The molecule has 0 amide bonds. The highest BCUT2D eigenvalue weighted by Crippen LogP contribution is 2.35. The van der Waals surface area contributed by atoms with Gasteiger partial charge in [-0.3, -0.25) is 4.90 Å². The van der Waals surface area contributed by atoms with Crippen molar-refractivity contribution in [2.45, 2.75) is 44.1 Å². The van der Waals surface area contributed by atoms with Crippen LogP contribution in [0.25, 0.3) is 0 Å². The molecule has 5 heteroatoms. The molecule has 0 aromatic rings. The molecule has 0 bridgehead atoms. The molecular weight excluding hydrogens is 210 g/mol. The van der Waals surface area contributed by atoms with E-state index in [0.717, 1.165) is 26.2 Å². The fourth-order valence-electron chi connectivity index (χ4n) is 2.98. The molecule has 0 radical (unpaired) electrons. The molecule has 16 heavy (non-hydrogen) atoms. The van der Waals surface area contributed by atoms with Gasteiger partial charge in [-0.25, -0.2) is 0 Å². The van der Waals surface area contributed by atoms with Crippen molar-refractivity contribution in [3.8, 4) is 0 Å². The predicted octanol–water partition coefficient (Wildman–Crippen LogP) is 0.193. The molecule has 5 nitrogen and oxygen atoms in total. The van der Waals surface area contributed by atoms with Gasteiger partial charge in [-0.2, -0.15) is 0 Å². The van der Waals surface area contributed by atoms with Crippen LogP contribution in [0.1, 0.15) is 13.3 Å². The zero-order valence-corrected chi connectivity index (χ0v) is 9.80. The lowest BCUT2D eigenvalue weighted by atomic mass is 10.0. The van der Waals surface area contributed by atoms with Crippen LogP contribution in [0.2, 0.25) is 0 Å². The molecule has 3 aliphatic rings. The van der Waals surface area contributed by atoms with Crippen molar-refractivity contribution in [1.29, 1.82) is 0 Å². The molecule has 3 rings (SSSR count). The van der Waals surface area contributed by atoms with E-state index >= 15 is 0 Å². The van der Waals surface area contributed by atoms with E-state index in [1.807, 2.05) is 0 Å². The van der Waals surface area contributed by atoms with Crippen LogP contribution in [0.3, 0.4) is 0 Å². The predicted molar refractivity (Wildman–Crippen MR) is 55.9 cm³/mol. The Bertz CT molecular complexity index is 262. The summed E-state index contributed by atoms with van der Waals surface area (Å²) in [7, 11) is 1.67. The molecule has 5 atom stereocenters. The minimum Gasteiger partial charge on any atom is -0.376 e. The van der Waals surface area contributed by atoms with Gasteiger partial charge in [0.25, 0.3) is 0 Å². The minimum absolute atomic E-state index is 0.0575. The van der Waals surface area contributed by atoms with Crippen molar-refractivity contribution in [3.63, 3.8) is 0 Å². The second-order valence-electron chi connectivity index (χ2n) is 4.64. The Hall–Kier alpha value is -0.200. The highest BCUT2D eigenvalue weighted by atomic mass is 16.7. The third-order valence-electron chi connectivity index (χ3n) is 3.78. The summed E-state index contributed by atoms with van der Waals surface area (Å²) >= 11 is 0. The summed E-state index contributed by atoms with van der Waals surface area (Å²) < 4.78 is 22.5. The van der Waals surface area contributed by atoms with Crippen LogP contribution in [-0.4, -0.2) is 62.5 Å². The summed E-state index contributed by atoms with van der Waals surface area (Å²) in [6.07, 6.45) is 1.06. The molecule has 92 valence electrons. The van der Waals surface area contributed by atoms with E-state index in [0.29, 0.717) is 6.04 Å². The van der Waals surface area contributed by atoms with Gasteiger partial charge in [0.2, 0.25) is 0 Å².